The first-order valence-corrected chi connectivity index (χ1v) is 3.51. The molecule has 1 aromatic rings. The summed E-state index contributed by atoms with van der Waals surface area (Å²) in [6.07, 6.45) is 5.72. The average molecular weight is 142 g/mol. The van der Waals surface area contributed by atoms with E-state index in [1.807, 2.05) is 42.5 Å². The van der Waals surface area contributed by atoms with E-state index in [9.17, 15) is 0 Å². The van der Waals surface area contributed by atoms with Crippen LogP contribution in [0.2, 0.25) is 0 Å². The van der Waals surface area contributed by atoms with E-state index < -0.39 is 0 Å². The Kier molecular flexibility index (Phi) is 2.98. The van der Waals surface area contributed by atoms with Crippen LogP contribution < -0.4 is 0 Å². The molecule has 0 aliphatic heterocycles. The van der Waals surface area contributed by atoms with E-state index in [1.165, 1.54) is 5.56 Å². The maximum absolute atomic E-state index is 3.46. The van der Waals surface area contributed by atoms with Crippen LogP contribution in [0.1, 0.15) is 5.56 Å². The molecule has 0 unspecified atom stereocenters. The Bertz CT molecular complexity index is 274. The van der Waals surface area contributed by atoms with Crippen molar-refractivity contribution in [3.63, 3.8) is 0 Å². The molecule has 0 heteroatoms. The SMILES string of the molecule is C=C=CC=Cc1ccccc1. The summed E-state index contributed by atoms with van der Waals surface area (Å²) >= 11 is 0. The van der Waals surface area contributed by atoms with Crippen molar-refractivity contribution in [3.05, 3.63) is 60.4 Å². The monoisotopic (exact) mass is 142 g/mol. The van der Waals surface area contributed by atoms with Gasteiger partial charge >= 0.3 is 0 Å². The number of allylic oxidation sites excluding steroid dienone is 2. The Balaban J connectivity index is 2.72. The van der Waals surface area contributed by atoms with Gasteiger partial charge in [0.05, 0.1) is 0 Å². The molecule has 0 aromatic heterocycles. The van der Waals surface area contributed by atoms with Gasteiger partial charge in [0.15, 0.2) is 0 Å². The van der Waals surface area contributed by atoms with Gasteiger partial charge in [-0.2, -0.15) is 0 Å². The number of benzene rings is 1. The third-order valence-corrected chi connectivity index (χ3v) is 1.30. The summed E-state index contributed by atoms with van der Waals surface area (Å²) in [6.45, 7) is 3.46. The fourth-order valence-corrected chi connectivity index (χ4v) is 0.791. The van der Waals surface area contributed by atoms with Crippen molar-refractivity contribution in [2.75, 3.05) is 0 Å². The van der Waals surface area contributed by atoms with Gasteiger partial charge in [-0.25, -0.2) is 0 Å². The summed E-state index contributed by atoms with van der Waals surface area (Å²) in [5, 5.41) is 0. The second kappa shape index (κ2) is 4.32. The topological polar surface area (TPSA) is 0 Å². The van der Waals surface area contributed by atoms with Crippen LogP contribution in [0.15, 0.2) is 54.8 Å². The van der Waals surface area contributed by atoms with Gasteiger partial charge in [-0.3, -0.25) is 0 Å². The van der Waals surface area contributed by atoms with Crippen LogP contribution in [0, 0.1) is 0 Å². The molecule has 0 radical (unpaired) electrons. The van der Waals surface area contributed by atoms with Gasteiger partial charge in [0.2, 0.25) is 0 Å². The molecule has 0 atom stereocenters. The highest BCUT2D eigenvalue weighted by molar-refractivity contribution is 5.50. The highest BCUT2D eigenvalue weighted by atomic mass is 13.8. The summed E-state index contributed by atoms with van der Waals surface area (Å²) in [5.74, 6) is 0. The summed E-state index contributed by atoms with van der Waals surface area (Å²) in [5.41, 5.74) is 3.87. The van der Waals surface area contributed by atoms with Crippen molar-refractivity contribution in [1.29, 1.82) is 0 Å². The molecule has 0 spiro atoms. The van der Waals surface area contributed by atoms with E-state index in [-0.39, 0.29) is 0 Å². The molecule has 0 bridgehead atoms. The fourth-order valence-electron chi connectivity index (χ4n) is 0.791. The van der Waals surface area contributed by atoms with Crippen molar-refractivity contribution in [1.82, 2.24) is 0 Å². The Morgan fingerprint density at radius 3 is 2.55 bits per heavy atom. The smallest absolute Gasteiger partial charge is 0.0206 e. The van der Waals surface area contributed by atoms with Gasteiger partial charge in [0.1, 0.15) is 0 Å². The molecule has 0 aliphatic carbocycles. The average Bonchev–Trinajstić information content (AvgIpc) is 2.07. The third-order valence-electron chi connectivity index (χ3n) is 1.30. The molecule has 0 saturated heterocycles. The van der Waals surface area contributed by atoms with Crippen LogP contribution in [-0.4, -0.2) is 0 Å². The van der Waals surface area contributed by atoms with Crippen molar-refractivity contribution in [3.8, 4) is 0 Å². The predicted octanol–water partition coefficient (Wildman–Crippen LogP) is 3.04. The van der Waals surface area contributed by atoms with E-state index in [4.69, 9.17) is 0 Å². The lowest BCUT2D eigenvalue weighted by atomic mass is 10.2. The molecule has 0 saturated carbocycles. The molecule has 0 fully saturated rings. The molecular formula is C11H10. The van der Waals surface area contributed by atoms with Crippen LogP contribution in [0.25, 0.3) is 6.08 Å². The second-order valence-corrected chi connectivity index (χ2v) is 2.14. The summed E-state index contributed by atoms with van der Waals surface area (Å²) in [4.78, 5) is 0. The highest BCUT2D eigenvalue weighted by Crippen LogP contribution is 2.00. The lowest BCUT2D eigenvalue weighted by molar-refractivity contribution is 1.66. The minimum atomic E-state index is 1.19. The molecule has 1 rings (SSSR count). The van der Waals surface area contributed by atoms with E-state index in [2.05, 4.69) is 12.3 Å². The summed E-state index contributed by atoms with van der Waals surface area (Å²) in [7, 11) is 0. The molecule has 0 heterocycles. The van der Waals surface area contributed by atoms with Crippen LogP contribution >= 0.6 is 0 Å². The zero-order chi connectivity index (χ0) is 7.94. The standard InChI is InChI=1S/C11H10/c1-2-3-5-8-11-9-6-4-7-10-11/h3-10H,1H2. The molecule has 1 aromatic carbocycles. The molecule has 54 valence electrons. The third kappa shape index (κ3) is 2.70. The van der Waals surface area contributed by atoms with Gasteiger partial charge in [0, 0.05) is 0 Å². The zero-order valence-corrected chi connectivity index (χ0v) is 6.33. The first-order chi connectivity index (χ1) is 5.43. The Morgan fingerprint density at radius 2 is 1.91 bits per heavy atom. The second-order valence-electron chi connectivity index (χ2n) is 2.14. The normalized spacial score (nSPS) is 9.45. The number of hydrogen-bond donors (Lipinski definition) is 0. The zero-order valence-electron chi connectivity index (χ0n) is 6.33. The van der Waals surface area contributed by atoms with Gasteiger partial charge < -0.3 is 0 Å². The van der Waals surface area contributed by atoms with Gasteiger partial charge in [-0.05, 0) is 11.6 Å². The van der Waals surface area contributed by atoms with Crippen LogP contribution in [0.4, 0.5) is 0 Å². The lowest BCUT2D eigenvalue weighted by Gasteiger charge is -1.87. The van der Waals surface area contributed by atoms with Crippen LogP contribution in [0.3, 0.4) is 0 Å². The number of rotatable bonds is 2. The minimum absolute atomic E-state index is 1.19. The minimum Gasteiger partial charge on any atom is -0.129 e. The Labute approximate surface area is 67.2 Å². The van der Waals surface area contributed by atoms with E-state index in [1.54, 1.807) is 6.08 Å². The Morgan fingerprint density at radius 1 is 1.18 bits per heavy atom. The first kappa shape index (κ1) is 7.59. The van der Waals surface area contributed by atoms with Crippen molar-refractivity contribution in [2.24, 2.45) is 0 Å². The fraction of sp³-hybridized carbons (Fsp3) is 0. The first-order valence-electron chi connectivity index (χ1n) is 3.51. The molecular weight excluding hydrogens is 132 g/mol. The van der Waals surface area contributed by atoms with Crippen molar-refractivity contribution >= 4 is 6.08 Å². The predicted molar refractivity (Wildman–Crippen MR) is 49.2 cm³/mol. The molecule has 0 N–H and O–H groups in total. The largest absolute Gasteiger partial charge is 0.129 e. The Hall–Kier alpha value is -1.52. The highest BCUT2D eigenvalue weighted by Gasteiger charge is 1.78. The molecule has 0 amide bonds. The summed E-state index contributed by atoms with van der Waals surface area (Å²) in [6, 6.07) is 10.1. The van der Waals surface area contributed by atoms with Gasteiger partial charge in [0.25, 0.3) is 0 Å². The lowest BCUT2D eigenvalue weighted by Crippen LogP contribution is -1.65. The van der Waals surface area contributed by atoms with Crippen molar-refractivity contribution in [2.45, 2.75) is 0 Å². The molecule has 0 nitrogen and oxygen atoms in total. The number of hydrogen-bond acceptors (Lipinski definition) is 0. The molecule has 0 aliphatic rings. The van der Waals surface area contributed by atoms with Gasteiger partial charge in [-0.15, -0.1) is 5.73 Å². The quantitative estimate of drug-likeness (QED) is 0.440. The van der Waals surface area contributed by atoms with E-state index in [0.29, 0.717) is 0 Å². The maximum atomic E-state index is 3.46. The van der Waals surface area contributed by atoms with E-state index >= 15 is 0 Å². The summed E-state index contributed by atoms with van der Waals surface area (Å²) < 4.78 is 0. The van der Waals surface area contributed by atoms with Crippen molar-refractivity contribution < 1.29 is 0 Å². The van der Waals surface area contributed by atoms with Gasteiger partial charge in [-0.1, -0.05) is 49.1 Å². The van der Waals surface area contributed by atoms with Crippen LogP contribution in [0.5, 0.6) is 0 Å². The van der Waals surface area contributed by atoms with E-state index in [0.717, 1.165) is 0 Å². The molecule has 11 heavy (non-hydrogen) atoms. The van der Waals surface area contributed by atoms with Crippen LogP contribution in [-0.2, 0) is 0 Å². The maximum Gasteiger partial charge on any atom is -0.0206 e.